The number of hydrogen-bond acceptors (Lipinski definition) is 5. The highest BCUT2D eigenvalue weighted by Gasteiger charge is 2.15. The SMILES string of the molecule is CSCC[C@H](N)C(=O)Nc1cnccc1N(C)C. The van der Waals surface area contributed by atoms with E-state index in [0.717, 1.165) is 11.4 Å². The van der Waals surface area contributed by atoms with Crippen LogP contribution in [0, 0.1) is 0 Å². The Bertz CT molecular complexity index is 397. The van der Waals surface area contributed by atoms with Gasteiger partial charge in [0, 0.05) is 20.3 Å². The molecule has 1 heterocycles. The summed E-state index contributed by atoms with van der Waals surface area (Å²) in [5.41, 5.74) is 7.42. The zero-order valence-corrected chi connectivity index (χ0v) is 11.8. The minimum Gasteiger partial charge on any atom is -0.376 e. The van der Waals surface area contributed by atoms with Crippen LogP contribution in [0.1, 0.15) is 6.42 Å². The van der Waals surface area contributed by atoms with Crippen molar-refractivity contribution in [1.29, 1.82) is 0 Å². The van der Waals surface area contributed by atoms with Gasteiger partial charge in [0.2, 0.25) is 5.91 Å². The molecule has 6 heteroatoms. The van der Waals surface area contributed by atoms with E-state index in [1.165, 1.54) is 0 Å². The Kier molecular flexibility index (Phi) is 5.94. The fourth-order valence-electron chi connectivity index (χ4n) is 1.47. The molecule has 0 aromatic carbocycles. The van der Waals surface area contributed by atoms with Gasteiger partial charge in [-0.3, -0.25) is 9.78 Å². The summed E-state index contributed by atoms with van der Waals surface area (Å²) in [7, 11) is 3.83. The summed E-state index contributed by atoms with van der Waals surface area (Å²) in [5.74, 6) is 0.711. The van der Waals surface area contributed by atoms with Crippen LogP contribution < -0.4 is 16.0 Å². The van der Waals surface area contributed by atoms with Crippen LogP contribution in [-0.4, -0.2) is 43.0 Å². The summed E-state index contributed by atoms with van der Waals surface area (Å²) in [5, 5.41) is 2.82. The van der Waals surface area contributed by atoms with E-state index in [1.54, 1.807) is 24.2 Å². The van der Waals surface area contributed by atoms with Crippen LogP contribution in [0.15, 0.2) is 18.5 Å². The number of amides is 1. The summed E-state index contributed by atoms with van der Waals surface area (Å²) >= 11 is 1.68. The Morgan fingerprint density at radius 3 is 2.94 bits per heavy atom. The smallest absolute Gasteiger partial charge is 0.241 e. The van der Waals surface area contributed by atoms with Gasteiger partial charge in [0.15, 0.2) is 0 Å². The lowest BCUT2D eigenvalue weighted by molar-refractivity contribution is -0.117. The minimum absolute atomic E-state index is 0.167. The average molecular weight is 268 g/mol. The fraction of sp³-hybridized carbons (Fsp3) is 0.500. The maximum Gasteiger partial charge on any atom is 0.241 e. The van der Waals surface area contributed by atoms with E-state index < -0.39 is 6.04 Å². The summed E-state index contributed by atoms with van der Waals surface area (Å²) in [4.78, 5) is 17.8. The summed E-state index contributed by atoms with van der Waals surface area (Å²) in [6.07, 6.45) is 5.99. The standard InChI is InChI=1S/C12H20N4OS/c1-16(2)11-4-6-14-8-10(11)15-12(17)9(13)5-7-18-3/h4,6,8-9H,5,7,13H2,1-3H3,(H,15,17)/t9-/m0/s1. The van der Waals surface area contributed by atoms with Crippen LogP contribution in [0.5, 0.6) is 0 Å². The van der Waals surface area contributed by atoms with Gasteiger partial charge in [-0.25, -0.2) is 0 Å². The van der Waals surface area contributed by atoms with Gasteiger partial charge in [0.25, 0.3) is 0 Å². The molecule has 0 bridgehead atoms. The summed E-state index contributed by atoms with van der Waals surface area (Å²) in [6.45, 7) is 0. The second kappa shape index (κ2) is 7.23. The van der Waals surface area contributed by atoms with Crippen molar-refractivity contribution < 1.29 is 4.79 Å². The van der Waals surface area contributed by atoms with Crippen molar-refractivity contribution in [2.75, 3.05) is 36.3 Å². The molecule has 18 heavy (non-hydrogen) atoms. The molecule has 1 atom stereocenters. The molecule has 1 rings (SSSR count). The number of hydrogen-bond donors (Lipinski definition) is 2. The van der Waals surface area contributed by atoms with Gasteiger partial charge < -0.3 is 16.0 Å². The monoisotopic (exact) mass is 268 g/mol. The predicted octanol–water partition coefficient (Wildman–Crippen LogP) is 1.17. The van der Waals surface area contributed by atoms with E-state index in [2.05, 4.69) is 10.3 Å². The van der Waals surface area contributed by atoms with E-state index in [9.17, 15) is 4.79 Å². The van der Waals surface area contributed by atoms with E-state index in [1.807, 2.05) is 31.3 Å². The fourth-order valence-corrected chi connectivity index (χ4v) is 1.96. The highest BCUT2D eigenvalue weighted by Crippen LogP contribution is 2.22. The Labute approximate surface area is 112 Å². The Hall–Kier alpha value is -1.27. The van der Waals surface area contributed by atoms with Gasteiger partial charge in [-0.2, -0.15) is 11.8 Å². The second-order valence-electron chi connectivity index (χ2n) is 4.16. The molecule has 0 radical (unpaired) electrons. The molecule has 1 aromatic rings. The van der Waals surface area contributed by atoms with Crippen molar-refractivity contribution in [1.82, 2.24) is 4.98 Å². The molecule has 100 valence electrons. The molecule has 0 fully saturated rings. The second-order valence-corrected chi connectivity index (χ2v) is 5.15. The molecule has 0 aliphatic carbocycles. The first-order valence-electron chi connectivity index (χ1n) is 5.73. The van der Waals surface area contributed by atoms with Crippen LogP contribution in [0.25, 0.3) is 0 Å². The number of nitrogens with zero attached hydrogens (tertiary/aromatic N) is 2. The number of anilines is 2. The largest absolute Gasteiger partial charge is 0.376 e. The highest BCUT2D eigenvalue weighted by atomic mass is 32.2. The molecule has 0 aliphatic heterocycles. The van der Waals surface area contributed by atoms with E-state index in [4.69, 9.17) is 5.73 Å². The van der Waals surface area contributed by atoms with Gasteiger partial charge in [-0.05, 0) is 24.5 Å². The van der Waals surface area contributed by atoms with Gasteiger partial charge in [0.1, 0.15) is 0 Å². The predicted molar refractivity (Wildman–Crippen MR) is 78.2 cm³/mol. The third kappa shape index (κ3) is 4.19. The molecule has 0 saturated carbocycles. The van der Waals surface area contributed by atoms with Crippen LogP contribution in [0.2, 0.25) is 0 Å². The first kappa shape index (κ1) is 14.8. The zero-order chi connectivity index (χ0) is 13.5. The Morgan fingerprint density at radius 2 is 2.33 bits per heavy atom. The maximum absolute atomic E-state index is 11.9. The lowest BCUT2D eigenvalue weighted by Gasteiger charge is -2.18. The zero-order valence-electron chi connectivity index (χ0n) is 11.0. The molecule has 0 spiro atoms. The van der Waals surface area contributed by atoms with E-state index in [0.29, 0.717) is 12.1 Å². The topological polar surface area (TPSA) is 71.2 Å². The van der Waals surface area contributed by atoms with Crippen LogP contribution in [0.3, 0.4) is 0 Å². The third-order valence-electron chi connectivity index (χ3n) is 2.51. The number of nitrogens with one attached hydrogen (secondary N) is 1. The number of rotatable bonds is 6. The average Bonchev–Trinajstić information content (AvgIpc) is 2.36. The maximum atomic E-state index is 11.9. The number of thioether (sulfide) groups is 1. The summed E-state index contributed by atoms with van der Waals surface area (Å²) < 4.78 is 0. The molecule has 0 aliphatic rings. The molecular weight excluding hydrogens is 248 g/mol. The van der Waals surface area contributed by atoms with Crippen LogP contribution in [-0.2, 0) is 4.79 Å². The quantitative estimate of drug-likeness (QED) is 0.810. The van der Waals surface area contributed by atoms with Crippen LogP contribution in [0.4, 0.5) is 11.4 Å². The van der Waals surface area contributed by atoms with Crippen molar-refractivity contribution in [3.63, 3.8) is 0 Å². The van der Waals surface area contributed by atoms with Gasteiger partial charge in [0.05, 0.1) is 23.6 Å². The van der Waals surface area contributed by atoms with Gasteiger partial charge in [-0.1, -0.05) is 0 Å². The van der Waals surface area contributed by atoms with Crippen molar-refractivity contribution >= 4 is 29.0 Å². The molecular formula is C12H20N4OS. The third-order valence-corrected chi connectivity index (χ3v) is 3.15. The minimum atomic E-state index is -0.479. The van der Waals surface area contributed by atoms with Crippen molar-refractivity contribution in [3.05, 3.63) is 18.5 Å². The molecule has 1 aromatic heterocycles. The lowest BCUT2D eigenvalue weighted by atomic mass is 10.2. The Balaban J connectivity index is 2.69. The number of nitrogens with two attached hydrogens (primary N) is 1. The number of pyridine rings is 1. The summed E-state index contributed by atoms with van der Waals surface area (Å²) in [6, 6.07) is 1.37. The number of carbonyl (C=O) groups excluding carboxylic acids is 1. The van der Waals surface area contributed by atoms with E-state index >= 15 is 0 Å². The molecule has 0 saturated heterocycles. The molecule has 0 unspecified atom stereocenters. The first-order valence-corrected chi connectivity index (χ1v) is 7.12. The van der Waals surface area contributed by atoms with Gasteiger partial charge >= 0.3 is 0 Å². The normalized spacial score (nSPS) is 12.0. The molecule has 1 amide bonds. The molecule has 5 nitrogen and oxygen atoms in total. The van der Waals surface area contributed by atoms with Crippen molar-refractivity contribution in [3.8, 4) is 0 Å². The van der Waals surface area contributed by atoms with E-state index in [-0.39, 0.29) is 5.91 Å². The Morgan fingerprint density at radius 1 is 1.61 bits per heavy atom. The lowest BCUT2D eigenvalue weighted by Crippen LogP contribution is -2.36. The van der Waals surface area contributed by atoms with Crippen LogP contribution >= 0.6 is 11.8 Å². The number of aromatic nitrogens is 1. The molecule has 3 N–H and O–H groups in total. The number of carbonyl (C=O) groups is 1. The highest BCUT2D eigenvalue weighted by molar-refractivity contribution is 7.98. The van der Waals surface area contributed by atoms with Crippen molar-refractivity contribution in [2.45, 2.75) is 12.5 Å². The van der Waals surface area contributed by atoms with Gasteiger partial charge in [-0.15, -0.1) is 0 Å². The van der Waals surface area contributed by atoms with Crippen molar-refractivity contribution in [2.24, 2.45) is 5.73 Å². The first-order chi connectivity index (χ1) is 8.56.